The van der Waals surface area contributed by atoms with Crippen LogP contribution in [-0.2, 0) is 4.74 Å². The molecule has 2 heterocycles. The Hall–Kier alpha value is -1.39. The fourth-order valence-electron chi connectivity index (χ4n) is 2.27. The molecule has 114 valence electrons. The van der Waals surface area contributed by atoms with Gasteiger partial charge in [0, 0.05) is 39.6 Å². The number of ether oxygens (including phenoxy) is 1. The zero-order valence-electron chi connectivity index (χ0n) is 12.1. The van der Waals surface area contributed by atoms with Gasteiger partial charge in [0.1, 0.15) is 0 Å². The van der Waals surface area contributed by atoms with E-state index in [0.717, 1.165) is 4.88 Å². The molecule has 1 saturated heterocycles. The number of carbonyl (C=O) groups is 1. The Balaban J connectivity index is 2.00. The summed E-state index contributed by atoms with van der Waals surface area (Å²) in [5, 5.41) is 10.5. The van der Waals surface area contributed by atoms with Crippen molar-refractivity contribution >= 4 is 17.2 Å². The van der Waals surface area contributed by atoms with Crippen molar-refractivity contribution in [1.82, 2.24) is 4.90 Å². The molecular formula is C15H20N2O3S. The lowest BCUT2D eigenvalue weighted by atomic mass is 9.94. The number of thiophene rings is 1. The quantitative estimate of drug-likeness (QED) is 0.805. The van der Waals surface area contributed by atoms with Gasteiger partial charge in [-0.15, -0.1) is 11.3 Å². The van der Waals surface area contributed by atoms with Crippen molar-refractivity contribution in [3.8, 4) is 11.8 Å². The van der Waals surface area contributed by atoms with E-state index in [1.807, 2.05) is 6.07 Å². The van der Waals surface area contributed by atoms with E-state index in [4.69, 9.17) is 10.5 Å². The van der Waals surface area contributed by atoms with Gasteiger partial charge in [-0.1, -0.05) is 11.8 Å². The lowest BCUT2D eigenvalue weighted by Crippen LogP contribution is -2.47. The maximum atomic E-state index is 12.4. The summed E-state index contributed by atoms with van der Waals surface area (Å²) in [6, 6.07) is 3.58. The van der Waals surface area contributed by atoms with Crippen LogP contribution >= 0.6 is 11.3 Å². The van der Waals surface area contributed by atoms with E-state index in [0.29, 0.717) is 44.0 Å². The highest BCUT2D eigenvalue weighted by molar-refractivity contribution is 7.14. The molecule has 1 aromatic rings. The summed E-state index contributed by atoms with van der Waals surface area (Å²) in [6.45, 7) is 1.69. The van der Waals surface area contributed by atoms with Crippen molar-refractivity contribution in [2.45, 2.75) is 18.4 Å². The Bertz CT molecular complexity index is 553. The SMILES string of the molecule is CN(CC1(O)CCOCC1)C(=O)c1ccc(C#CCN)s1. The number of hydrogen-bond donors (Lipinski definition) is 2. The maximum absolute atomic E-state index is 12.4. The highest BCUT2D eigenvalue weighted by Gasteiger charge is 2.32. The Morgan fingerprint density at radius 2 is 2.24 bits per heavy atom. The van der Waals surface area contributed by atoms with E-state index in [9.17, 15) is 9.90 Å². The average molecular weight is 308 g/mol. The Morgan fingerprint density at radius 3 is 2.90 bits per heavy atom. The van der Waals surface area contributed by atoms with Gasteiger partial charge in [-0.25, -0.2) is 0 Å². The predicted octanol–water partition coefficient (Wildman–Crippen LogP) is 0.672. The molecule has 1 aliphatic rings. The van der Waals surface area contributed by atoms with Crippen LogP contribution in [-0.4, -0.2) is 54.9 Å². The maximum Gasteiger partial charge on any atom is 0.263 e. The predicted molar refractivity (Wildman–Crippen MR) is 82.2 cm³/mol. The summed E-state index contributed by atoms with van der Waals surface area (Å²) in [4.78, 5) is 15.4. The standard InChI is InChI=1S/C15H20N2O3S/c1-17(11-15(19)6-9-20-10-7-15)14(18)13-5-4-12(21-13)3-2-8-16/h4-5,19H,6-11,16H2,1H3. The molecule has 5 nitrogen and oxygen atoms in total. The first kappa shape index (κ1) is 16.0. The first-order valence-corrected chi connectivity index (χ1v) is 7.70. The minimum absolute atomic E-state index is 0.0966. The van der Waals surface area contributed by atoms with E-state index in [1.165, 1.54) is 11.3 Å². The summed E-state index contributed by atoms with van der Waals surface area (Å²) >= 11 is 1.34. The first-order valence-electron chi connectivity index (χ1n) is 6.88. The number of carbonyl (C=O) groups excluding carboxylic acids is 1. The van der Waals surface area contributed by atoms with E-state index in [-0.39, 0.29) is 5.91 Å². The van der Waals surface area contributed by atoms with Crippen LogP contribution in [0.2, 0.25) is 0 Å². The number of hydrogen-bond acceptors (Lipinski definition) is 5. The van der Waals surface area contributed by atoms with Crippen molar-refractivity contribution in [3.05, 3.63) is 21.9 Å². The third-order valence-corrected chi connectivity index (χ3v) is 4.42. The Kier molecular flexibility index (Phi) is 5.37. The van der Waals surface area contributed by atoms with Crippen LogP contribution in [0.25, 0.3) is 0 Å². The molecular weight excluding hydrogens is 288 g/mol. The summed E-state index contributed by atoms with van der Waals surface area (Å²) in [5.74, 6) is 5.58. The van der Waals surface area contributed by atoms with Crippen LogP contribution < -0.4 is 5.73 Å². The number of rotatable bonds is 3. The zero-order chi connectivity index (χ0) is 15.3. The Labute approximate surface area is 128 Å². The van der Waals surface area contributed by atoms with Crippen LogP contribution in [0.4, 0.5) is 0 Å². The van der Waals surface area contributed by atoms with Gasteiger partial charge in [-0.05, 0) is 12.1 Å². The third kappa shape index (κ3) is 4.29. The van der Waals surface area contributed by atoms with Crippen molar-refractivity contribution in [2.75, 3.05) is 33.4 Å². The molecule has 3 N–H and O–H groups in total. The smallest absolute Gasteiger partial charge is 0.263 e. The van der Waals surface area contributed by atoms with E-state index in [1.54, 1.807) is 18.0 Å². The molecule has 1 aromatic heterocycles. The molecule has 6 heteroatoms. The largest absolute Gasteiger partial charge is 0.388 e. The number of amides is 1. The lowest BCUT2D eigenvalue weighted by Gasteiger charge is -2.35. The molecule has 0 aliphatic carbocycles. The number of nitrogens with zero attached hydrogens (tertiary/aromatic N) is 1. The molecule has 0 radical (unpaired) electrons. The van der Waals surface area contributed by atoms with E-state index < -0.39 is 5.60 Å². The third-order valence-electron chi connectivity index (χ3n) is 3.43. The molecule has 0 spiro atoms. The van der Waals surface area contributed by atoms with Gasteiger partial charge in [0.25, 0.3) is 5.91 Å². The van der Waals surface area contributed by atoms with Crippen LogP contribution in [0.3, 0.4) is 0 Å². The van der Waals surface area contributed by atoms with Crippen molar-refractivity contribution in [1.29, 1.82) is 0 Å². The van der Waals surface area contributed by atoms with Gasteiger partial charge in [0.15, 0.2) is 0 Å². The van der Waals surface area contributed by atoms with Crippen LogP contribution in [0.5, 0.6) is 0 Å². The number of nitrogens with two attached hydrogens (primary N) is 1. The van der Waals surface area contributed by atoms with Crippen LogP contribution in [0.1, 0.15) is 27.4 Å². The number of aliphatic hydroxyl groups is 1. The zero-order valence-corrected chi connectivity index (χ0v) is 12.9. The highest BCUT2D eigenvalue weighted by Crippen LogP contribution is 2.23. The van der Waals surface area contributed by atoms with Gasteiger partial charge in [0.2, 0.25) is 0 Å². The van der Waals surface area contributed by atoms with Crippen LogP contribution in [0.15, 0.2) is 12.1 Å². The second-order valence-electron chi connectivity index (χ2n) is 5.17. The fraction of sp³-hybridized carbons (Fsp3) is 0.533. The molecule has 0 aromatic carbocycles. The van der Waals surface area contributed by atoms with Crippen LogP contribution in [0, 0.1) is 11.8 Å². The highest BCUT2D eigenvalue weighted by atomic mass is 32.1. The van der Waals surface area contributed by atoms with Crippen molar-refractivity contribution in [3.63, 3.8) is 0 Å². The average Bonchev–Trinajstić information content (AvgIpc) is 2.93. The van der Waals surface area contributed by atoms with Gasteiger partial charge in [-0.2, -0.15) is 0 Å². The Morgan fingerprint density at radius 1 is 1.52 bits per heavy atom. The van der Waals surface area contributed by atoms with Crippen molar-refractivity contribution in [2.24, 2.45) is 5.73 Å². The second kappa shape index (κ2) is 7.05. The summed E-state index contributed by atoms with van der Waals surface area (Å²) in [6.07, 6.45) is 1.12. The minimum Gasteiger partial charge on any atom is -0.388 e. The first-order chi connectivity index (χ1) is 10.0. The molecule has 2 rings (SSSR count). The molecule has 1 fully saturated rings. The molecule has 1 aliphatic heterocycles. The molecule has 0 bridgehead atoms. The monoisotopic (exact) mass is 308 g/mol. The topological polar surface area (TPSA) is 75.8 Å². The van der Waals surface area contributed by atoms with E-state index >= 15 is 0 Å². The molecule has 1 amide bonds. The molecule has 0 unspecified atom stereocenters. The molecule has 21 heavy (non-hydrogen) atoms. The van der Waals surface area contributed by atoms with Crippen molar-refractivity contribution < 1.29 is 14.6 Å². The molecule has 0 saturated carbocycles. The number of likely N-dealkylation sites (N-methyl/N-ethyl adjacent to an activating group) is 1. The second-order valence-corrected chi connectivity index (χ2v) is 6.25. The van der Waals surface area contributed by atoms with Gasteiger partial charge >= 0.3 is 0 Å². The normalized spacial score (nSPS) is 16.9. The molecule has 0 atom stereocenters. The fourth-order valence-corrected chi connectivity index (χ4v) is 3.14. The summed E-state index contributed by atoms with van der Waals surface area (Å²) in [5.41, 5.74) is 4.48. The lowest BCUT2D eigenvalue weighted by molar-refractivity contribution is -0.0733. The summed E-state index contributed by atoms with van der Waals surface area (Å²) < 4.78 is 5.25. The van der Waals surface area contributed by atoms with Gasteiger partial charge in [0.05, 0.1) is 21.9 Å². The summed E-state index contributed by atoms with van der Waals surface area (Å²) in [7, 11) is 1.71. The van der Waals surface area contributed by atoms with Gasteiger partial charge < -0.3 is 20.5 Å². The van der Waals surface area contributed by atoms with E-state index in [2.05, 4.69) is 11.8 Å². The minimum atomic E-state index is -0.845. The van der Waals surface area contributed by atoms with Gasteiger partial charge in [-0.3, -0.25) is 4.79 Å².